The topological polar surface area (TPSA) is 15.3 Å². The Morgan fingerprint density at radius 3 is 2.75 bits per heavy atom. The highest BCUT2D eigenvalue weighted by molar-refractivity contribution is 7.12. The summed E-state index contributed by atoms with van der Waals surface area (Å²) in [5.74, 6) is 0.796. The zero-order valence-corrected chi connectivity index (χ0v) is 14.4. The fourth-order valence-electron chi connectivity index (χ4n) is 2.48. The van der Waals surface area contributed by atoms with Crippen LogP contribution in [-0.4, -0.2) is 24.0 Å². The van der Waals surface area contributed by atoms with Crippen molar-refractivity contribution < 1.29 is 0 Å². The molecule has 1 N–H and O–H groups in total. The van der Waals surface area contributed by atoms with Crippen molar-refractivity contribution in [1.29, 1.82) is 0 Å². The Bertz CT molecular complexity index is 409. The van der Waals surface area contributed by atoms with Gasteiger partial charge < -0.3 is 5.32 Å². The third-order valence-corrected chi connectivity index (χ3v) is 5.41. The fraction of sp³-hybridized carbons (Fsp3) is 0.765. The van der Waals surface area contributed by atoms with Crippen LogP contribution in [0.3, 0.4) is 0 Å². The van der Waals surface area contributed by atoms with Crippen molar-refractivity contribution in [3.63, 3.8) is 0 Å². The predicted molar refractivity (Wildman–Crippen MR) is 89.3 cm³/mol. The number of rotatable bonds is 9. The van der Waals surface area contributed by atoms with Crippen LogP contribution in [0.1, 0.15) is 55.4 Å². The summed E-state index contributed by atoms with van der Waals surface area (Å²) >= 11 is 1.97. The van der Waals surface area contributed by atoms with E-state index in [4.69, 9.17) is 0 Å². The van der Waals surface area contributed by atoms with E-state index in [-0.39, 0.29) is 0 Å². The molecule has 0 bridgehead atoms. The molecule has 0 aromatic carbocycles. The molecule has 1 atom stereocenters. The van der Waals surface area contributed by atoms with E-state index in [1.165, 1.54) is 41.1 Å². The summed E-state index contributed by atoms with van der Waals surface area (Å²) < 4.78 is 0. The molecule has 1 aliphatic carbocycles. The highest BCUT2D eigenvalue weighted by atomic mass is 32.1. The molecule has 1 heterocycles. The lowest BCUT2D eigenvalue weighted by molar-refractivity contribution is 0.238. The van der Waals surface area contributed by atoms with E-state index in [0.29, 0.717) is 0 Å². The van der Waals surface area contributed by atoms with Gasteiger partial charge in [-0.15, -0.1) is 11.3 Å². The van der Waals surface area contributed by atoms with Gasteiger partial charge >= 0.3 is 0 Å². The highest BCUT2D eigenvalue weighted by Crippen LogP contribution is 2.25. The van der Waals surface area contributed by atoms with Gasteiger partial charge in [0.05, 0.1) is 0 Å². The van der Waals surface area contributed by atoms with Crippen LogP contribution >= 0.6 is 11.3 Å². The Labute approximate surface area is 128 Å². The van der Waals surface area contributed by atoms with Crippen LogP contribution in [0.4, 0.5) is 0 Å². The van der Waals surface area contributed by atoms with Crippen molar-refractivity contribution in [2.45, 2.75) is 66.1 Å². The molecule has 0 aliphatic heterocycles. The van der Waals surface area contributed by atoms with Gasteiger partial charge in [0.1, 0.15) is 0 Å². The first kappa shape index (κ1) is 16.0. The molecule has 2 nitrogen and oxygen atoms in total. The minimum absolute atomic E-state index is 0.796. The van der Waals surface area contributed by atoms with E-state index in [0.717, 1.165) is 31.6 Å². The minimum Gasteiger partial charge on any atom is -0.309 e. The Balaban J connectivity index is 1.89. The molecule has 1 aliphatic rings. The molecule has 3 heteroatoms. The number of nitrogens with one attached hydrogen (secondary N) is 1. The van der Waals surface area contributed by atoms with Gasteiger partial charge in [0.25, 0.3) is 0 Å². The maximum atomic E-state index is 3.62. The second-order valence-electron chi connectivity index (χ2n) is 6.29. The van der Waals surface area contributed by atoms with Crippen molar-refractivity contribution in [3.05, 3.63) is 21.4 Å². The lowest BCUT2D eigenvalue weighted by atomic mass is 10.1. The van der Waals surface area contributed by atoms with Gasteiger partial charge in [-0.1, -0.05) is 27.2 Å². The normalized spacial score (nSPS) is 16.9. The predicted octanol–water partition coefficient (Wildman–Crippen LogP) is 4.18. The van der Waals surface area contributed by atoms with Gasteiger partial charge in [-0.05, 0) is 43.9 Å². The van der Waals surface area contributed by atoms with E-state index >= 15 is 0 Å². The quantitative estimate of drug-likeness (QED) is 0.735. The summed E-state index contributed by atoms with van der Waals surface area (Å²) in [6, 6.07) is 3.23. The smallest absolute Gasteiger partial charge is 0.0302 e. The highest BCUT2D eigenvalue weighted by Gasteiger charge is 2.20. The van der Waals surface area contributed by atoms with Gasteiger partial charge in [-0.25, -0.2) is 0 Å². The molecule has 0 amide bonds. The molecule has 0 radical (unpaired) electrons. The second kappa shape index (κ2) is 7.58. The molecule has 0 saturated heterocycles. The first-order valence-corrected chi connectivity index (χ1v) is 8.97. The Morgan fingerprint density at radius 1 is 1.40 bits per heavy atom. The first-order valence-electron chi connectivity index (χ1n) is 8.16. The number of hydrogen-bond acceptors (Lipinski definition) is 3. The van der Waals surface area contributed by atoms with Crippen LogP contribution in [-0.2, 0) is 13.1 Å². The molecule has 1 aromatic heterocycles. The minimum atomic E-state index is 0.796. The van der Waals surface area contributed by atoms with Crippen molar-refractivity contribution in [2.75, 3.05) is 13.1 Å². The largest absolute Gasteiger partial charge is 0.309 e. The molecule has 20 heavy (non-hydrogen) atoms. The Kier molecular flexibility index (Phi) is 6.06. The molecule has 1 fully saturated rings. The first-order chi connectivity index (χ1) is 9.62. The maximum Gasteiger partial charge on any atom is 0.0302 e. The average Bonchev–Trinajstić information content (AvgIpc) is 3.20. The van der Waals surface area contributed by atoms with Crippen LogP contribution in [0.15, 0.2) is 6.07 Å². The zero-order valence-electron chi connectivity index (χ0n) is 13.5. The summed E-state index contributed by atoms with van der Waals surface area (Å²) in [4.78, 5) is 5.59. The van der Waals surface area contributed by atoms with E-state index in [1.807, 2.05) is 11.3 Å². The van der Waals surface area contributed by atoms with Crippen LogP contribution in [0, 0.1) is 12.8 Å². The van der Waals surface area contributed by atoms with Gasteiger partial charge in [0, 0.05) is 35.4 Å². The lowest BCUT2D eigenvalue weighted by Crippen LogP contribution is -2.27. The van der Waals surface area contributed by atoms with Crippen LogP contribution < -0.4 is 5.32 Å². The van der Waals surface area contributed by atoms with Crippen molar-refractivity contribution in [3.8, 4) is 0 Å². The summed E-state index contributed by atoms with van der Waals surface area (Å²) in [6.07, 6.45) is 4.02. The number of aryl methyl sites for hydroxylation is 1. The molecule has 2 rings (SSSR count). The fourth-order valence-corrected chi connectivity index (χ4v) is 3.48. The van der Waals surface area contributed by atoms with E-state index in [9.17, 15) is 0 Å². The van der Waals surface area contributed by atoms with Gasteiger partial charge in [-0.2, -0.15) is 0 Å². The van der Waals surface area contributed by atoms with Crippen molar-refractivity contribution in [1.82, 2.24) is 10.2 Å². The van der Waals surface area contributed by atoms with Gasteiger partial charge in [0.2, 0.25) is 0 Å². The molecule has 1 unspecified atom stereocenters. The zero-order chi connectivity index (χ0) is 14.5. The van der Waals surface area contributed by atoms with Crippen LogP contribution in [0.2, 0.25) is 0 Å². The SMILES string of the molecule is CCC(C)CN(CC)Cc1cc(CNC2CC2)sc1C. The van der Waals surface area contributed by atoms with Crippen LogP contribution in [0.25, 0.3) is 0 Å². The Hall–Kier alpha value is -0.380. The molecular weight excluding hydrogens is 264 g/mol. The number of nitrogens with zero attached hydrogens (tertiary/aromatic N) is 1. The maximum absolute atomic E-state index is 3.62. The number of thiophene rings is 1. The van der Waals surface area contributed by atoms with Gasteiger partial charge in [-0.3, -0.25) is 4.90 Å². The molecule has 1 saturated carbocycles. The van der Waals surface area contributed by atoms with E-state index in [1.54, 1.807) is 0 Å². The summed E-state index contributed by atoms with van der Waals surface area (Å²) in [5.41, 5.74) is 1.53. The van der Waals surface area contributed by atoms with E-state index in [2.05, 4.69) is 44.0 Å². The average molecular weight is 295 g/mol. The van der Waals surface area contributed by atoms with Crippen molar-refractivity contribution in [2.24, 2.45) is 5.92 Å². The molecule has 0 spiro atoms. The number of hydrogen-bond donors (Lipinski definition) is 1. The van der Waals surface area contributed by atoms with Crippen molar-refractivity contribution >= 4 is 11.3 Å². The third kappa shape index (κ3) is 4.87. The molecule has 1 aromatic rings. The Morgan fingerprint density at radius 2 is 2.15 bits per heavy atom. The second-order valence-corrected chi connectivity index (χ2v) is 7.63. The standard InChI is InChI=1S/C17H30N2S/c1-5-13(3)11-19(6-2)12-15-9-17(20-14(15)4)10-18-16-7-8-16/h9,13,16,18H,5-8,10-12H2,1-4H3. The summed E-state index contributed by atoms with van der Waals surface area (Å²) in [7, 11) is 0. The summed E-state index contributed by atoms with van der Waals surface area (Å²) in [6.45, 7) is 13.7. The van der Waals surface area contributed by atoms with Crippen LogP contribution in [0.5, 0.6) is 0 Å². The van der Waals surface area contributed by atoms with E-state index < -0.39 is 0 Å². The van der Waals surface area contributed by atoms with Gasteiger partial charge in [0.15, 0.2) is 0 Å². The monoisotopic (exact) mass is 294 g/mol. The molecule has 114 valence electrons. The summed E-state index contributed by atoms with van der Waals surface area (Å²) in [5, 5.41) is 3.62. The third-order valence-electron chi connectivity index (χ3n) is 4.32. The molecular formula is C17H30N2S. The lowest BCUT2D eigenvalue weighted by Gasteiger charge is -2.23.